The highest BCUT2D eigenvalue weighted by Crippen LogP contribution is 2.27. The maximum Gasteiger partial charge on any atom is 0.130 e. The molecule has 0 aliphatic rings. The van der Waals surface area contributed by atoms with Crippen LogP contribution < -0.4 is 4.74 Å². The lowest BCUT2D eigenvalue weighted by Gasteiger charge is -2.11. The van der Waals surface area contributed by atoms with E-state index >= 15 is 0 Å². The summed E-state index contributed by atoms with van der Waals surface area (Å²) in [6.07, 6.45) is 0. The average Bonchev–Trinajstić information content (AvgIpc) is 2.45. The third-order valence-corrected chi connectivity index (χ3v) is 2.82. The molecule has 0 saturated heterocycles. The molecule has 0 aliphatic carbocycles. The van der Waals surface area contributed by atoms with Crippen molar-refractivity contribution in [2.24, 2.45) is 0 Å². The number of ether oxygens (including phenoxy) is 2. The molecule has 0 radical (unpaired) electrons. The molecule has 19 heavy (non-hydrogen) atoms. The van der Waals surface area contributed by atoms with Gasteiger partial charge in [-0.1, -0.05) is 6.07 Å². The minimum absolute atomic E-state index is 0.0161. The number of hydrogen-bond donors (Lipinski definition) is 1. The predicted octanol–water partition coefficient (Wildman–Crippen LogP) is 2.66. The van der Waals surface area contributed by atoms with E-state index in [9.17, 15) is 5.11 Å². The molecule has 1 N–H and O–H groups in total. The number of benzene rings is 1. The molecular weight excluding hydrogens is 242 g/mol. The van der Waals surface area contributed by atoms with E-state index in [1.807, 2.05) is 38.1 Å². The second-order valence-corrected chi connectivity index (χ2v) is 4.19. The highest BCUT2D eigenvalue weighted by Gasteiger charge is 2.08. The van der Waals surface area contributed by atoms with Crippen LogP contribution in [0.2, 0.25) is 0 Å². The monoisotopic (exact) mass is 261 g/mol. The van der Waals surface area contributed by atoms with Gasteiger partial charge < -0.3 is 14.6 Å². The molecule has 0 saturated carbocycles. The standard InChI is InChI=1S/C15H19NO3/c1-3-18-10-12-8-15(19-4-2)13-7-11(9-17)5-6-14(13)16-12/h5-8,17H,3-4,9-10H2,1-2H3. The van der Waals surface area contributed by atoms with Gasteiger partial charge in [-0.3, -0.25) is 4.98 Å². The first-order chi connectivity index (χ1) is 9.28. The predicted molar refractivity (Wildman–Crippen MR) is 74.2 cm³/mol. The molecule has 0 fully saturated rings. The molecule has 0 spiro atoms. The van der Waals surface area contributed by atoms with Crippen molar-refractivity contribution in [3.8, 4) is 5.75 Å². The van der Waals surface area contributed by atoms with Gasteiger partial charge >= 0.3 is 0 Å². The Morgan fingerprint density at radius 1 is 1.16 bits per heavy atom. The lowest BCUT2D eigenvalue weighted by Crippen LogP contribution is -2.00. The van der Waals surface area contributed by atoms with Gasteiger partial charge in [0.2, 0.25) is 0 Å². The van der Waals surface area contributed by atoms with E-state index in [1.54, 1.807) is 0 Å². The summed E-state index contributed by atoms with van der Waals surface area (Å²) in [6, 6.07) is 7.59. The van der Waals surface area contributed by atoms with E-state index in [1.165, 1.54) is 0 Å². The molecule has 2 aromatic rings. The number of aliphatic hydroxyl groups is 1. The van der Waals surface area contributed by atoms with Gasteiger partial charge in [-0.25, -0.2) is 0 Å². The summed E-state index contributed by atoms with van der Waals surface area (Å²) < 4.78 is 11.1. The van der Waals surface area contributed by atoms with Crippen LogP contribution in [0.1, 0.15) is 25.1 Å². The molecule has 2 rings (SSSR count). The zero-order chi connectivity index (χ0) is 13.7. The minimum Gasteiger partial charge on any atom is -0.493 e. The van der Waals surface area contributed by atoms with E-state index in [0.717, 1.165) is 27.9 Å². The van der Waals surface area contributed by atoms with Crippen molar-refractivity contribution >= 4 is 10.9 Å². The Hall–Kier alpha value is -1.65. The Morgan fingerprint density at radius 3 is 2.68 bits per heavy atom. The molecule has 4 heteroatoms. The van der Waals surface area contributed by atoms with Crippen LogP contribution in [0.25, 0.3) is 10.9 Å². The van der Waals surface area contributed by atoms with E-state index in [0.29, 0.717) is 19.8 Å². The Bertz CT molecular complexity index is 554. The van der Waals surface area contributed by atoms with Gasteiger partial charge in [0.25, 0.3) is 0 Å². The summed E-state index contributed by atoms with van der Waals surface area (Å²) >= 11 is 0. The fraction of sp³-hybridized carbons (Fsp3) is 0.400. The zero-order valence-corrected chi connectivity index (χ0v) is 11.3. The first-order valence-corrected chi connectivity index (χ1v) is 6.52. The Kier molecular flexibility index (Phi) is 4.71. The van der Waals surface area contributed by atoms with E-state index in [4.69, 9.17) is 9.47 Å². The van der Waals surface area contributed by atoms with Crippen LogP contribution in [0.3, 0.4) is 0 Å². The quantitative estimate of drug-likeness (QED) is 0.868. The summed E-state index contributed by atoms with van der Waals surface area (Å²) in [4.78, 5) is 4.54. The van der Waals surface area contributed by atoms with Gasteiger partial charge in [0, 0.05) is 18.1 Å². The zero-order valence-electron chi connectivity index (χ0n) is 11.3. The Morgan fingerprint density at radius 2 is 2.00 bits per heavy atom. The van der Waals surface area contributed by atoms with Crippen LogP contribution in [0.15, 0.2) is 24.3 Å². The molecule has 0 bridgehead atoms. The number of pyridine rings is 1. The minimum atomic E-state index is 0.0161. The number of fused-ring (bicyclic) bond motifs is 1. The molecule has 0 amide bonds. The maximum atomic E-state index is 9.21. The molecule has 4 nitrogen and oxygen atoms in total. The fourth-order valence-corrected chi connectivity index (χ4v) is 1.95. The third-order valence-electron chi connectivity index (χ3n) is 2.82. The van der Waals surface area contributed by atoms with Crippen molar-refractivity contribution in [3.05, 3.63) is 35.5 Å². The number of aromatic nitrogens is 1. The van der Waals surface area contributed by atoms with Gasteiger partial charge in [0.1, 0.15) is 5.75 Å². The number of rotatable bonds is 6. The lowest BCUT2D eigenvalue weighted by molar-refractivity contribution is 0.131. The van der Waals surface area contributed by atoms with Crippen molar-refractivity contribution in [2.45, 2.75) is 27.1 Å². The molecule has 0 atom stereocenters. The van der Waals surface area contributed by atoms with E-state index < -0.39 is 0 Å². The van der Waals surface area contributed by atoms with Crippen molar-refractivity contribution in [3.63, 3.8) is 0 Å². The van der Waals surface area contributed by atoms with E-state index in [-0.39, 0.29) is 6.61 Å². The first-order valence-electron chi connectivity index (χ1n) is 6.52. The smallest absolute Gasteiger partial charge is 0.130 e. The van der Waals surface area contributed by atoms with Crippen LogP contribution >= 0.6 is 0 Å². The normalized spacial score (nSPS) is 10.9. The molecule has 0 aliphatic heterocycles. The van der Waals surface area contributed by atoms with Crippen LogP contribution in [0.4, 0.5) is 0 Å². The van der Waals surface area contributed by atoms with Crippen LogP contribution in [0, 0.1) is 0 Å². The third kappa shape index (κ3) is 3.22. The molecule has 102 valence electrons. The number of hydrogen-bond acceptors (Lipinski definition) is 4. The molecule has 1 aromatic carbocycles. The second kappa shape index (κ2) is 6.50. The topological polar surface area (TPSA) is 51.6 Å². The first kappa shape index (κ1) is 13.8. The maximum absolute atomic E-state index is 9.21. The molecule has 0 unspecified atom stereocenters. The Labute approximate surface area is 113 Å². The number of nitrogens with zero attached hydrogens (tertiary/aromatic N) is 1. The van der Waals surface area contributed by atoms with Crippen molar-refractivity contribution in [2.75, 3.05) is 13.2 Å². The highest BCUT2D eigenvalue weighted by atomic mass is 16.5. The summed E-state index contributed by atoms with van der Waals surface area (Å²) in [7, 11) is 0. The van der Waals surface area contributed by atoms with Crippen LogP contribution in [-0.4, -0.2) is 23.3 Å². The lowest BCUT2D eigenvalue weighted by atomic mass is 10.1. The fourth-order valence-electron chi connectivity index (χ4n) is 1.95. The molecule has 1 aromatic heterocycles. The summed E-state index contributed by atoms with van der Waals surface area (Å²) in [6.45, 7) is 5.66. The van der Waals surface area contributed by atoms with Crippen LogP contribution in [-0.2, 0) is 18.0 Å². The second-order valence-electron chi connectivity index (χ2n) is 4.19. The molecule has 1 heterocycles. The Balaban J connectivity index is 2.48. The number of aliphatic hydroxyl groups excluding tert-OH is 1. The van der Waals surface area contributed by atoms with E-state index in [2.05, 4.69) is 4.98 Å². The van der Waals surface area contributed by atoms with Crippen molar-refractivity contribution < 1.29 is 14.6 Å². The van der Waals surface area contributed by atoms with Crippen molar-refractivity contribution in [1.29, 1.82) is 0 Å². The largest absolute Gasteiger partial charge is 0.493 e. The average molecular weight is 261 g/mol. The van der Waals surface area contributed by atoms with Crippen molar-refractivity contribution in [1.82, 2.24) is 4.98 Å². The summed E-state index contributed by atoms with van der Waals surface area (Å²) in [5.74, 6) is 0.789. The highest BCUT2D eigenvalue weighted by molar-refractivity contribution is 5.86. The molecular formula is C15H19NO3. The van der Waals surface area contributed by atoms with Gasteiger partial charge in [0.15, 0.2) is 0 Å². The van der Waals surface area contributed by atoms with Gasteiger partial charge in [0.05, 0.1) is 31.0 Å². The van der Waals surface area contributed by atoms with Crippen LogP contribution in [0.5, 0.6) is 5.75 Å². The van der Waals surface area contributed by atoms with Gasteiger partial charge in [-0.05, 0) is 31.5 Å². The van der Waals surface area contributed by atoms with Gasteiger partial charge in [-0.2, -0.15) is 0 Å². The SMILES string of the molecule is CCOCc1cc(OCC)c2cc(CO)ccc2n1. The van der Waals surface area contributed by atoms with Gasteiger partial charge in [-0.15, -0.1) is 0 Å². The summed E-state index contributed by atoms with van der Waals surface area (Å²) in [5, 5.41) is 10.1. The summed E-state index contributed by atoms with van der Waals surface area (Å²) in [5.41, 5.74) is 2.57.